The second-order valence-corrected chi connectivity index (χ2v) is 6.70. The molecule has 1 N–H and O–H groups in total. The number of hydrogen-bond donors (Lipinski definition) is 1. The normalized spacial score (nSPS) is 13.1. The third kappa shape index (κ3) is 3.27. The van der Waals surface area contributed by atoms with Gasteiger partial charge in [0.1, 0.15) is 13.2 Å². The molecular formula is C20H22N4O4. The molecule has 3 aromatic rings. The van der Waals surface area contributed by atoms with Crippen molar-refractivity contribution in [2.45, 2.75) is 26.8 Å². The number of carbonyl (C=O) groups excluding carboxylic acids is 1. The van der Waals surface area contributed by atoms with Gasteiger partial charge in [-0.05, 0) is 45.0 Å². The lowest BCUT2D eigenvalue weighted by Gasteiger charge is -2.19. The molecule has 8 nitrogen and oxygen atoms in total. The van der Waals surface area contributed by atoms with Crippen molar-refractivity contribution in [1.29, 1.82) is 0 Å². The molecule has 3 heterocycles. The maximum atomic E-state index is 12.7. The Hall–Kier alpha value is -3.13. The zero-order chi connectivity index (χ0) is 19.7. The number of rotatable bonds is 5. The Morgan fingerprint density at radius 3 is 2.79 bits per heavy atom. The molecule has 2 aromatic heterocycles. The third-order valence-corrected chi connectivity index (χ3v) is 4.45. The Morgan fingerprint density at radius 1 is 1.25 bits per heavy atom. The van der Waals surface area contributed by atoms with E-state index < -0.39 is 0 Å². The zero-order valence-electron chi connectivity index (χ0n) is 16.1. The number of amides is 1. The lowest BCUT2D eigenvalue weighted by atomic mass is 10.1. The summed E-state index contributed by atoms with van der Waals surface area (Å²) in [5, 5.41) is 5.09. The van der Waals surface area contributed by atoms with E-state index in [2.05, 4.69) is 10.6 Å². The van der Waals surface area contributed by atoms with Gasteiger partial charge in [-0.1, -0.05) is 0 Å². The molecule has 0 saturated heterocycles. The van der Waals surface area contributed by atoms with E-state index in [1.54, 1.807) is 23.9 Å². The summed E-state index contributed by atoms with van der Waals surface area (Å²) in [6.07, 6.45) is 1.66. The first kappa shape index (κ1) is 18.2. The molecule has 1 aromatic carbocycles. The summed E-state index contributed by atoms with van der Waals surface area (Å²) >= 11 is 0. The smallest absolute Gasteiger partial charge is 0.275 e. The monoisotopic (exact) mass is 382 g/mol. The minimum atomic E-state index is -0.337. The molecule has 1 aliphatic heterocycles. The van der Waals surface area contributed by atoms with Crippen LogP contribution in [0.3, 0.4) is 0 Å². The van der Waals surface area contributed by atoms with E-state index in [1.165, 1.54) is 0 Å². The fraction of sp³-hybridized carbons (Fsp3) is 0.350. The molecule has 0 saturated carbocycles. The first-order valence-electron chi connectivity index (χ1n) is 9.29. The Kier molecular flexibility index (Phi) is 4.87. The first-order valence-corrected chi connectivity index (χ1v) is 9.29. The lowest BCUT2D eigenvalue weighted by Crippen LogP contribution is -2.24. The van der Waals surface area contributed by atoms with E-state index in [1.807, 2.05) is 32.0 Å². The van der Waals surface area contributed by atoms with Gasteiger partial charge in [-0.25, -0.2) is 15.1 Å². The Morgan fingerprint density at radius 2 is 2.04 bits per heavy atom. The van der Waals surface area contributed by atoms with E-state index >= 15 is 0 Å². The van der Waals surface area contributed by atoms with Crippen LogP contribution in [0.25, 0.3) is 22.3 Å². The molecule has 0 radical (unpaired) electrons. The van der Waals surface area contributed by atoms with Gasteiger partial charge in [-0.3, -0.25) is 9.63 Å². The largest absolute Gasteiger partial charge is 0.486 e. The molecule has 0 aliphatic carbocycles. The maximum Gasteiger partial charge on any atom is 0.275 e. The molecule has 8 heteroatoms. The summed E-state index contributed by atoms with van der Waals surface area (Å²) in [6.45, 7) is 7.26. The number of benzene rings is 1. The molecule has 1 amide bonds. The van der Waals surface area contributed by atoms with Crippen LogP contribution < -0.4 is 15.0 Å². The van der Waals surface area contributed by atoms with Crippen LogP contribution in [0.1, 0.15) is 37.2 Å². The van der Waals surface area contributed by atoms with Gasteiger partial charge in [-0.2, -0.15) is 5.10 Å². The van der Waals surface area contributed by atoms with Crippen molar-refractivity contribution in [3.05, 3.63) is 36.0 Å². The number of ether oxygens (including phenoxy) is 2. The fourth-order valence-corrected chi connectivity index (χ4v) is 3.13. The SMILES string of the molecule is CCONC(=O)c1cc(-c2ccc3c(c2)OCCO3)nc2c1cnn2C(C)C. The van der Waals surface area contributed by atoms with Crippen LogP contribution in [0.15, 0.2) is 30.5 Å². The van der Waals surface area contributed by atoms with Crippen LogP contribution in [0.2, 0.25) is 0 Å². The highest BCUT2D eigenvalue weighted by Gasteiger charge is 2.20. The van der Waals surface area contributed by atoms with Crippen molar-refractivity contribution in [2.24, 2.45) is 0 Å². The Balaban J connectivity index is 1.86. The van der Waals surface area contributed by atoms with Crippen molar-refractivity contribution in [3.8, 4) is 22.8 Å². The maximum absolute atomic E-state index is 12.7. The van der Waals surface area contributed by atoms with E-state index in [-0.39, 0.29) is 11.9 Å². The van der Waals surface area contributed by atoms with Crippen LogP contribution in [0.4, 0.5) is 0 Å². The van der Waals surface area contributed by atoms with Crippen LogP contribution in [-0.4, -0.2) is 40.5 Å². The minimum Gasteiger partial charge on any atom is -0.486 e. The van der Waals surface area contributed by atoms with Gasteiger partial charge in [0.15, 0.2) is 17.1 Å². The predicted octanol–water partition coefficient (Wildman–Crippen LogP) is 3.13. The highest BCUT2D eigenvalue weighted by Crippen LogP contribution is 2.35. The number of hydroxylamine groups is 1. The van der Waals surface area contributed by atoms with Gasteiger partial charge in [-0.15, -0.1) is 0 Å². The molecule has 1 aliphatic rings. The molecule has 0 unspecified atom stereocenters. The molecule has 4 rings (SSSR count). The number of aromatic nitrogens is 3. The van der Waals surface area contributed by atoms with Crippen LogP contribution in [-0.2, 0) is 4.84 Å². The summed E-state index contributed by atoms with van der Waals surface area (Å²) in [6, 6.07) is 7.48. The zero-order valence-corrected chi connectivity index (χ0v) is 16.1. The second-order valence-electron chi connectivity index (χ2n) is 6.70. The highest BCUT2D eigenvalue weighted by molar-refractivity contribution is 6.06. The predicted molar refractivity (Wildman–Crippen MR) is 103 cm³/mol. The molecule has 0 spiro atoms. The first-order chi connectivity index (χ1) is 13.6. The van der Waals surface area contributed by atoms with Crippen molar-refractivity contribution in [2.75, 3.05) is 19.8 Å². The topological polar surface area (TPSA) is 87.5 Å². The molecule has 28 heavy (non-hydrogen) atoms. The standard InChI is InChI=1S/C20H22N4O4/c1-4-28-23-20(25)14-10-16(22-19-15(14)11-21-24(19)12(2)3)13-5-6-17-18(9-13)27-8-7-26-17/h5-6,9-12H,4,7-8H2,1-3H3,(H,23,25). The summed E-state index contributed by atoms with van der Waals surface area (Å²) in [5.74, 6) is 1.04. The Labute approximate surface area is 162 Å². The number of hydrogen-bond acceptors (Lipinski definition) is 6. The highest BCUT2D eigenvalue weighted by atomic mass is 16.6. The average Bonchev–Trinajstić information content (AvgIpc) is 3.15. The van der Waals surface area contributed by atoms with Crippen molar-refractivity contribution >= 4 is 16.9 Å². The van der Waals surface area contributed by atoms with Gasteiger partial charge >= 0.3 is 0 Å². The van der Waals surface area contributed by atoms with Crippen LogP contribution in [0.5, 0.6) is 11.5 Å². The average molecular weight is 382 g/mol. The fourth-order valence-electron chi connectivity index (χ4n) is 3.13. The van der Waals surface area contributed by atoms with Gasteiger partial charge < -0.3 is 9.47 Å². The summed E-state index contributed by atoms with van der Waals surface area (Å²) in [5.41, 5.74) is 5.03. The number of nitrogens with one attached hydrogen (secondary N) is 1. The molecule has 0 atom stereocenters. The van der Waals surface area contributed by atoms with Gasteiger partial charge in [0.2, 0.25) is 0 Å². The van der Waals surface area contributed by atoms with Crippen molar-refractivity contribution < 1.29 is 19.1 Å². The van der Waals surface area contributed by atoms with Crippen molar-refractivity contribution in [3.63, 3.8) is 0 Å². The van der Waals surface area contributed by atoms with Crippen molar-refractivity contribution in [1.82, 2.24) is 20.2 Å². The van der Waals surface area contributed by atoms with E-state index in [0.29, 0.717) is 53.6 Å². The minimum absolute atomic E-state index is 0.100. The summed E-state index contributed by atoms with van der Waals surface area (Å²) in [4.78, 5) is 22.5. The number of pyridine rings is 1. The van der Waals surface area contributed by atoms with Crippen LogP contribution in [0, 0.1) is 0 Å². The number of carbonyl (C=O) groups is 1. The number of nitrogens with zero attached hydrogens (tertiary/aromatic N) is 3. The quantitative estimate of drug-likeness (QED) is 0.682. The summed E-state index contributed by atoms with van der Waals surface area (Å²) in [7, 11) is 0. The van der Waals surface area contributed by atoms with Gasteiger partial charge in [0.25, 0.3) is 5.91 Å². The van der Waals surface area contributed by atoms with E-state index in [9.17, 15) is 4.79 Å². The van der Waals surface area contributed by atoms with Gasteiger partial charge in [0.05, 0.1) is 29.4 Å². The number of fused-ring (bicyclic) bond motifs is 2. The molecule has 146 valence electrons. The molecular weight excluding hydrogens is 360 g/mol. The lowest BCUT2D eigenvalue weighted by molar-refractivity contribution is 0.0366. The van der Waals surface area contributed by atoms with E-state index in [0.717, 1.165) is 5.56 Å². The Bertz CT molecular complexity index is 1030. The molecule has 0 fully saturated rings. The second kappa shape index (κ2) is 7.47. The molecule has 0 bridgehead atoms. The van der Waals surface area contributed by atoms with E-state index in [4.69, 9.17) is 19.3 Å². The van der Waals surface area contributed by atoms with Gasteiger partial charge in [0, 0.05) is 11.6 Å². The third-order valence-electron chi connectivity index (χ3n) is 4.45. The summed E-state index contributed by atoms with van der Waals surface area (Å²) < 4.78 is 13.1. The van der Waals surface area contributed by atoms with Crippen LogP contribution >= 0.6 is 0 Å².